The van der Waals surface area contributed by atoms with E-state index in [-0.39, 0.29) is 5.91 Å². The third-order valence-electron chi connectivity index (χ3n) is 2.68. The molecule has 1 amide bonds. The first-order chi connectivity index (χ1) is 9.86. The summed E-state index contributed by atoms with van der Waals surface area (Å²) in [5, 5.41) is 7.53. The minimum atomic E-state index is -1.68. The van der Waals surface area contributed by atoms with E-state index in [0.29, 0.717) is 4.88 Å². The van der Waals surface area contributed by atoms with Crippen LogP contribution in [0.4, 0.5) is 5.69 Å². The van der Waals surface area contributed by atoms with Crippen LogP contribution >= 0.6 is 46.1 Å². The molecule has 0 aliphatic rings. The Labute approximate surface area is 142 Å². The van der Waals surface area contributed by atoms with E-state index in [1.165, 1.54) is 11.3 Å². The lowest BCUT2D eigenvalue weighted by Gasteiger charge is -2.27. The van der Waals surface area contributed by atoms with E-state index in [1.54, 1.807) is 12.1 Å². The topological polar surface area (TPSA) is 41.1 Å². The maximum absolute atomic E-state index is 12.1. The van der Waals surface area contributed by atoms with Gasteiger partial charge < -0.3 is 10.6 Å². The highest BCUT2D eigenvalue weighted by Crippen LogP contribution is 2.31. The van der Waals surface area contributed by atoms with Gasteiger partial charge in [0.05, 0.1) is 4.88 Å². The van der Waals surface area contributed by atoms with Gasteiger partial charge in [0.2, 0.25) is 3.79 Å². The number of anilines is 1. The molecule has 21 heavy (non-hydrogen) atoms. The summed E-state index contributed by atoms with van der Waals surface area (Å²) >= 11 is 19.2. The molecule has 112 valence electrons. The van der Waals surface area contributed by atoms with Crippen molar-refractivity contribution in [3.63, 3.8) is 0 Å². The van der Waals surface area contributed by atoms with Crippen LogP contribution in [-0.2, 0) is 0 Å². The van der Waals surface area contributed by atoms with E-state index in [1.807, 2.05) is 36.6 Å². The third kappa shape index (κ3) is 4.78. The number of alkyl halides is 3. The Morgan fingerprint density at radius 2 is 2.00 bits per heavy atom. The van der Waals surface area contributed by atoms with Crippen LogP contribution in [-0.4, -0.2) is 15.9 Å². The lowest BCUT2D eigenvalue weighted by atomic mass is 10.2. The first-order valence-corrected chi connectivity index (χ1v) is 8.12. The summed E-state index contributed by atoms with van der Waals surface area (Å²) in [7, 11) is 0. The summed E-state index contributed by atoms with van der Waals surface area (Å²) < 4.78 is -1.68. The summed E-state index contributed by atoms with van der Waals surface area (Å²) in [5.41, 5.74) is 1.82. The van der Waals surface area contributed by atoms with Gasteiger partial charge in [0.1, 0.15) is 6.17 Å². The Bertz CT molecular complexity index is 611. The molecule has 2 rings (SSSR count). The molecule has 0 spiro atoms. The predicted octanol–water partition coefficient (Wildman–Crippen LogP) is 4.59. The second-order valence-corrected chi connectivity index (χ2v) is 7.76. The maximum Gasteiger partial charge on any atom is 0.263 e. The summed E-state index contributed by atoms with van der Waals surface area (Å²) in [6.07, 6.45) is -0.848. The molecule has 1 atom stereocenters. The number of hydrogen-bond donors (Lipinski definition) is 2. The van der Waals surface area contributed by atoms with Crippen molar-refractivity contribution in [2.45, 2.75) is 16.9 Å². The molecule has 0 bridgehead atoms. The highest BCUT2D eigenvalue weighted by molar-refractivity contribution is 7.12. The van der Waals surface area contributed by atoms with Gasteiger partial charge in [-0.1, -0.05) is 53.0 Å². The molecule has 1 aromatic carbocycles. The zero-order valence-corrected chi connectivity index (χ0v) is 14.2. The molecule has 3 nitrogen and oxygen atoms in total. The van der Waals surface area contributed by atoms with Gasteiger partial charge >= 0.3 is 0 Å². The number of hydrogen-bond acceptors (Lipinski definition) is 3. The van der Waals surface area contributed by atoms with Crippen molar-refractivity contribution in [3.05, 3.63) is 52.2 Å². The number of halogens is 3. The van der Waals surface area contributed by atoms with Crippen LogP contribution in [0.3, 0.4) is 0 Å². The molecule has 0 radical (unpaired) electrons. The molecule has 0 aliphatic heterocycles. The van der Waals surface area contributed by atoms with Crippen LogP contribution in [0.2, 0.25) is 0 Å². The number of rotatable bonds is 4. The van der Waals surface area contributed by atoms with Crippen LogP contribution in [0.15, 0.2) is 41.8 Å². The van der Waals surface area contributed by atoms with Gasteiger partial charge in [-0.05, 0) is 36.1 Å². The lowest BCUT2D eigenvalue weighted by Crippen LogP contribution is -2.49. The zero-order chi connectivity index (χ0) is 15.5. The smallest absolute Gasteiger partial charge is 0.263 e. The average Bonchev–Trinajstić information content (AvgIpc) is 2.90. The van der Waals surface area contributed by atoms with Gasteiger partial charge in [-0.15, -0.1) is 11.3 Å². The molecule has 1 heterocycles. The van der Waals surface area contributed by atoms with E-state index < -0.39 is 9.96 Å². The molecule has 0 saturated heterocycles. The van der Waals surface area contributed by atoms with Gasteiger partial charge in [-0.2, -0.15) is 0 Å². The molecule has 0 saturated carbocycles. The van der Waals surface area contributed by atoms with Crippen molar-refractivity contribution in [1.82, 2.24) is 5.32 Å². The number of aryl methyl sites for hydroxylation is 1. The van der Waals surface area contributed by atoms with Gasteiger partial charge in [-0.3, -0.25) is 4.79 Å². The highest BCUT2D eigenvalue weighted by atomic mass is 35.6. The molecule has 0 unspecified atom stereocenters. The Balaban J connectivity index is 2.14. The fourth-order valence-electron chi connectivity index (χ4n) is 1.71. The van der Waals surface area contributed by atoms with Gasteiger partial charge in [-0.25, -0.2) is 0 Å². The number of carbonyl (C=O) groups is 1. The largest absolute Gasteiger partial charge is 0.362 e. The first-order valence-electron chi connectivity index (χ1n) is 6.10. The minimum Gasteiger partial charge on any atom is -0.362 e. The Hall–Kier alpha value is -0.940. The van der Waals surface area contributed by atoms with E-state index in [0.717, 1.165) is 11.3 Å². The SMILES string of the molecule is Cc1cccc(N[C@@H](NC(=O)c2cccs2)C(Cl)(Cl)Cl)c1. The van der Waals surface area contributed by atoms with E-state index in [9.17, 15) is 4.79 Å². The fourth-order valence-corrected chi connectivity index (χ4v) is 2.67. The number of carbonyl (C=O) groups excluding carboxylic acids is 1. The predicted molar refractivity (Wildman–Crippen MR) is 90.7 cm³/mol. The number of thiophene rings is 1. The van der Waals surface area contributed by atoms with Crippen LogP contribution < -0.4 is 10.6 Å². The van der Waals surface area contributed by atoms with Crippen molar-refractivity contribution in [2.75, 3.05) is 5.32 Å². The summed E-state index contributed by atoms with van der Waals surface area (Å²) in [4.78, 5) is 12.7. The van der Waals surface area contributed by atoms with E-state index in [2.05, 4.69) is 10.6 Å². The standard InChI is InChI=1S/C14H13Cl3N2OS/c1-9-4-2-5-10(8-9)18-13(14(15,16)17)19-12(20)11-6-3-7-21-11/h2-8,13,18H,1H3,(H,19,20)/t13-/m0/s1. The molecular formula is C14H13Cl3N2OS. The second-order valence-electron chi connectivity index (χ2n) is 4.44. The fraction of sp³-hybridized carbons (Fsp3) is 0.214. The van der Waals surface area contributed by atoms with Gasteiger partial charge in [0.25, 0.3) is 5.91 Å². The maximum atomic E-state index is 12.1. The van der Waals surface area contributed by atoms with Crippen LogP contribution in [0.1, 0.15) is 15.2 Å². The van der Waals surface area contributed by atoms with Crippen LogP contribution in [0, 0.1) is 6.92 Å². The van der Waals surface area contributed by atoms with E-state index >= 15 is 0 Å². The molecule has 0 fully saturated rings. The first kappa shape index (κ1) is 16.4. The van der Waals surface area contributed by atoms with Crippen molar-refractivity contribution in [2.24, 2.45) is 0 Å². The third-order valence-corrected chi connectivity index (χ3v) is 4.20. The monoisotopic (exact) mass is 362 g/mol. The van der Waals surface area contributed by atoms with Crippen molar-refractivity contribution < 1.29 is 4.79 Å². The van der Waals surface area contributed by atoms with Crippen molar-refractivity contribution in [3.8, 4) is 0 Å². The molecule has 7 heteroatoms. The highest BCUT2D eigenvalue weighted by Gasteiger charge is 2.34. The Kier molecular flexibility index (Phi) is 5.38. The second kappa shape index (κ2) is 6.88. The number of nitrogens with one attached hydrogen (secondary N) is 2. The average molecular weight is 364 g/mol. The van der Waals surface area contributed by atoms with Crippen molar-refractivity contribution >= 4 is 57.7 Å². The lowest BCUT2D eigenvalue weighted by molar-refractivity contribution is 0.0946. The molecule has 2 N–H and O–H groups in total. The summed E-state index contributed by atoms with van der Waals surface area (Å²) in [5.74, 6) is -0.290. The normalized spacial score (nSPS) is 12.8. The molecule has 2 aromatic rings. The van der Waals surface area contributed by atoms with Crippen molar-refractivity contribution in [1.29, 1.82) is 0 Å². The van der Waals surface area contributed by atoms with Crippen LogP contribution in [0.5, 0.6) is 0 Å². The summed E-state index contributed by atoms with van der Waals surface area (Å²) in [6, 6.07) is 11.1. The molecular weight excluding hydrogens is 351 g/mol. The number of amides is 1. The molecule has 1 aromatic heterocycles. The molecule has 0 aliphatic carbocycles. The van der Waals surface area contributed by atoms with Gasteiger partial charge in [0, 0.05) is 5.69 Å². The Morgan fingerprint density at radius 1 is 1.24 bits per heavy atom. The van der Waals surface area contributed by atoms with Gasteiger partial charge in [0.15, 0.2) is 0 Å². The zero-order valence-electron chi connectivity index (χ0n) is 11.1. The summed E-state index contributed by atoms with van der Waals surface area (Å²) in [6.45, 7) is 1.96. The minimum absolute atomic E-state index is 0.290. The number of benzene rings is 1. The Morgan fingerprint density at radius 3 is 2.57 bits per heavy atom. The van der Waals surface area contributed by atoms with Crippen LogP contribution in [0.25, 0.3) is 0 Å². The van der Waals surface area contributed by atoms with E-state index in [4.69, 9.17) is 34.8 Å². The quantitative estimate of drug-likeness (QED) is 0.616.